The van der Waals surface area contributed by atoms with Crippen LogP contribution in [0, 0.1) is 6.92 Å². The van der Waals surface area contributed by atoms with Crippen molar-refractivity contribution in [2.45, 2.75) is 44.7 Å². The molecule has 3 aromatic heterocycles. The van der Waals surface area contributed by atoms with E-state index in [2.05, 4.69) is 25.4 Å². The summed E-state index contributed by atoms with van der Waals surface area (Å²) in [5, 5.41) is 8.09. The fraction of sp³-hybridized carbons (Fsp3) is 0.350. The van der Waals surface area contributed by atoms with Gasteiger partial charge in [0.25, 0.3) is 5.56 Å². The van der Waals surface area contributed by atoms with E-state index < -0.39 is 0 Å². The Balaban J connectivity index is 1.46. The lowest BCUT2D eigenvalue weighted by atomic mass is 9.91. The molecule has 0 amide bonds. The summed E-state index contributed by atoms with van der Waals surface area (Å²) in [7, 11) is 0. The summed E-state index contributed by atoms with van der Waals surface area (Å²) >= 11 is 0. The quantitative estimate of drug-likeness (QED) is 0.768. The number of aromatic nitrogens is 5. The first-order chi connectivity index (χ1) is 13.2. The number of pyridine rings is 1. The molecule has 0 bridgehead atoms. The summed E-state index contributed by atoms with van der Waals surface area (Å²) in [6, 6.07) is 9.56. The van der Waals surface area contributed by atoms with E-state index in [-0.39, 0.29) is 11.6 Å². The van der Waals surface area contributed by atoms with Crippen LogP contribution in [0.5, 0.6) is 0 Å². The average molecular weight is 362 g/mol. The van der Waals surface area contributed by atoms with Gasteiger partial charge in [-0.1, -0.05) is 0 Å². The van der Waals surface area contributed by atoms with Crippen LogP contribution in [0.4, 0.5) is 5.82 Å². The predicted molar refractivity (Wildman–Crippen MR) is 103 cm³/mol. The number of anilines is 1. The fourth-order valence-corrected chi connectivity index (χ4v) is 3.57. The number of nitrogens with zero attached hydrogens (tertiary/aromatic N) is 5. The van der Waals surface area contributed by atoms with Gasteiger partial charge >= 0.3 is 0 Å². The second kappa shape index (κ2) is 7.65. The SMILES string of the molecule is Cc1nccc(NC2CCC(n3nc(-c4cccnc4)ccc3=O)CC2)n1. The Bertz CT molecular complexity index is 963. The minimum Gasteiger partial charge on any atom is -0.367 e. The molecule has 1 aliphatic rings. The van der Waals surface area contributed by atoms with Crippen molar-refractivity contribution >= 4 is 5.82 Å². The van der Waals surface area contributed by atoms with Gasteiger partial charge in [-0.2, -0.15) is 5.10 Å². The number of hydrogen-bond donors (Lipinski definition) is 1. The second-order valence-electron chi connectivity index (χ2n) is 6.88. The molecule has 0 atom stereocenters. The Morgan fingerprint density at radius 3 is 2.67 bits per heavy atom. The summed E-state index contributed by atoms with van der Waals surface area (Å²) in [4.78, 5) is 25.0. The molecule has 7 heteroatoms. The number of nitrogens with one attached hydrogen (secondary N) is 1. The molecule has 138 valence electrons. The molecule has 3 aromatic rings. The zero-order chi connectivity index (χ0) is 18.6. The van der Waals surface area contributed by atoms with Crippen LogP contribution in [0.2, 0.25) is 0 Å². The molecule has 4 rings (SSSR count). The first kappa shape index (κ1) is 17.3. The van der Waals surface area contributed by atoms with Gasteiger partial charge in [-0.3, -0.25) is 9.78 Å². The third-order valence-corrected chi connectivity index (χ3v) is 4.95. The highest BCUT2D eigenvalue weighted by atomic mass is 16.1. The smallest absolute Gasteiger partial charge is 0.267 e. The van der Waals surface area contributed by atoms with Crippen molar-refractivity contribution in [3.63, 3.8) is 0 Å². The summed E-state index contributed by atoms with van der Waals surface area (Å²) < 4.78 is 1.65. The van der Waals surface area contributed by atoms with Crippen LogP contribution in [0.15, 0.2) is 53.7 Å². The van der Waals surface area contributed by atoms with Crippen molar-refractivity contribution < 1.29 is 0 Å². The van der Waals surface area contributed by atoms with Gasteiger partial charge in [0, 0.05) is 36.3 Å². The molecule has 0 radical (unpaired) electrons. The minimum atomic E-state index is -0.0505. The standard InChI is InChI=1S/C20H22N6O/c1-14-22-12-10-19(23-14)24-16-4-6-17(7-5-16)26-20(27)9-8-18(25-26)15-3-2-11-21-13-15/h2-3,8-13,16-17H,4-7H2,1H3,(H,22,23,24). The topological polar surface area (TPSA) is 85.6 Å². The van der Waals surface area contributed by atoms with Gasteiger partial charge in [0.05, 0.1) is 11.7 Å². The molecule has 1 aliphatic carbocycles. The van der Waals surface area contributed by atoms with E-state index >= 15 is 0 Å². The summed E-state index contributed by atoms with van der Waals surface area (Å²) in [6.45, 7) is 1.88. The third kappa shape index (κ3) is 4.02. The number of rotatable bonds is 4. The third-order valence-electron chi connectivity index (χ3n) is 4.95. The molecule has 1 saturated carbocycles. The Morgan fingerprint density at radius 1 is 1.07 bits per heavy atom. The monoisotopic (exact) mass is 362 g/mol. The van der Waals surface area contributed by atoms with Crippen LogP contribution in [0.1, 0.15) is 37.5 Å². The normalized spacial score (nSPS) is 19.6. The summed E-state index contributed by atoms with van der Waals surface area (Å²) in [6.07, 6.45) is 9.02. The Hall–Kier alpha value is -3.09. The highest BCUT2D eigenvalue weighted by Crippen LogP contribution is 2.29. The van der Waals surface area contributed by atoms with E-state index in [9.17, 15) is 4.79 Å². The van der Waals surface area contributed by atoms with Crippen molar-refractivity contribution in [2.75, 3.05) is 5.32 Å². The second-order valence-corrected chi connectivity index (χ2v) is 6.88. The minimum absolute atomic E-state index is 0.0505. The molecule has 1 N–H and O–H groups in total. The lowest BCUT2D eigenvalue weighted by Crippen LogP contribution is -2.33. The maximum absolute atomic E-state index is 12.4. The van der Waals surface area contributed by atoms with Gasteiger partial charge in [-0.05, 0) is 56.9 Å². The first-order valence-corrected chi connectivity index (χ1v) is 9.25. The van der Waals surface area contributed by atoms with Gasteiger partial charge in [0.1, 0.15) is 11.6 Å². The molecular formula is C20H22N6O. The van der Waals surface area contributed by atoms with Gasteiger partial charge in [-0.25, -0.2) is 14.6 Å². The van der Waals surface area contributed by atoms with E-state index in [1.165, 1.54) is 0 Å². The Kier molecular flexibility index (Phi) is 4.91. The molecule has 1 fully saturated rings. The molecule has 0 aromatic carbocycles. The van der Waals surface area contributed by atoms with Gasteiger partial charge in [0.2, 0.25) is 0 Å². The Morgan fingerprint density at radius 2 is 1.93 bits per heavy atom. The molecular weight excluding hydrogens is 340 g/mol. The van der Waals surface area contributed by atoms with Crippen molar-refractivity contribution in [1.82, 2.24) is 24.7 Å². The van der Waals surface area contributed by atoms with Crippen molar-refractivity contribution in [1.29, 1.82) is 0 Å². The molecule has 3 heterocycles. The van der Waals surface area contributed by atoms with Crippen LogP contribution >= 0.6 is 0 Å². The molecule has 0 aliphatic heterocycles. The molecule has 0 unspecified atom stereocenters. The largest absolute Gasteiger partial charge is 0.367 e. The van der Waals surface area contributed by atoms with Crippen molar-refractivity contribution in [3.8, 4) is 11.3 Å². The highest BCUT2D eigenvalue weighted by Gasteiger charge is 2.24. The molecule has 27 heavy (non-hydrogen) atoms. The van der Waals surface area contributed by atoms with Crippen LogP contribution < -0.4 is 10.9 Å². The fourth-order valence-electron chi connectivity index (χ4n) is 3.57. The van der Waals surface area contributed by atoms with Gasteiger partial charge in [0.15, 0.2) is 0 Å². The highest BCUT2D eigenvalue weighted by molar-refractivity contribution is 5.56. The van der Waals surface area contributed by atoms with E-state index in [1.807, 2.05) is 25.1 Å². The lowest BCUT2D eigenvalue weighted by molar-refractivity contribution is 0.304. The van der Waals surface area contributed by atoms with Crippen LogP contribution in [-0.2, 0) is 0 Å². The van der Waals surface area contributed by atoms with Crippen LogP contribution in [-0.4, -0.2) is 30.8 Å². The lowest BCUT2D eigenvalue weighted by Gasteiger charge is -2.30. The summed E-state index contributed by atoms with van der Waals surface area (Å²) in [5.74, 6) is 1.62. The summed E-state index contributed by atoms with van der Waals surface area (Å²) in [5.41, 5.74) is 1.64. The van der Waals surface area contributed by atoms with Crippen molar-refractivity contribution in [3.05, 3.63) is 65.1 Å². The zero-order valence-corrected chi connectivity index (χ0v) is 15.2. The number of hydrogen-bond acceptors (Lipinski definition) is 6. The maximum Gasteiger partial charge on any atom is 0.267 e. The van der Waals surface area contributed by atoms with E-state index in [0.29, 0.717) is 6.04 Å². The van der Waals surface area contributed by atoms with Gasteiger partial charge in [-0.15, -0.1) is 0 Å². The zero-order valence-electron chi connectivity index (χ0n) is 15.2. The van der Waals surface area contributed by atoms with Crippen LogP contribution in [0.3, 0.4) is 0 Å². The van der Waals surface area contributed by atoms with Gasteiger partial charge < -0.3 is 5.32 Å². The maximum atomic E-state index is 12.4. The molecule has 0 spiro atoms. The average Bonchev–Trinajstić information content (AvgIpc) is 2.70. The number of aryl methyl sites for hydroxylation is 1. The Labute approximate surface area is 157 Å². The van der Waals surface area contributed by atoms with E-state index in [4.69, 9.17) is 0 Å². The predicted octanol–water partition coefficient (Wildman–Crippen LogP) is 3.00. The van der Waals surface area contributed by atoms with E-state index in [0.717, 1.165) is 48.6 Å². The molecule has 7 nitrogen and oxygen atoms in total. The van der Waals surface area contributed by atoms with E-state index in [1.54, 1.807) is 35.4 Å². The van der Waals surface area contributed by atoms with Crippen LogP contribution in [0.25, 0.3) is 11.3 Å². The van der Waals surface area contributed by atoms with Crippen molar-refractivity contribution in [2.24, 2.45) is 0 Å². The molecule has 0 saturated heterocycles. The first-order valence-electron chi connectivity index (χ1n) is 9.25.